The molecule has 0 bridgehead atoms. The van der Waals surface area contributed by atoms with E-state index in [1.54, 1.807) is 12.1 Å². The van der Waals surface area contributed by atoms with Gasteiger partial charge in [-0.25, -0.2) is 0 Å². The third kappa shape index (κ3) is 4.80. The topological polar surface area (TPSA) is 41.1 Å². The number of halogens is 1. The van der Waals surface area contributed by atoms with Crippen molar-refractivity contribution in [2.24, 2.45) is 11.8 Å². The van der Waals surface area contributed by atoms with Crippen LogP contribution in [0.3, 0.4) is 0 Å². The van der Waals surface area contributed by atoms with Gasteiger partial charge in [-0.2, -0.15) is 0 Å². The van der Waals surface area contributed by atoms with Crippen LogP contribution in [0.1, 0.15) is 33.1 Å². The monoisotopic (exact) mass is 294 g/mol. The minimum atomic E-state index is -0.00166. The molecular weight excluding hydrogens is 272 g/mol. The van der Waals surface area contributed by atoms with Crippen molar-refractivity contribution in [1.82, 2.24) is 5.32 Å². The molecule has 0 spiro atoms. The molecule has 2 rings (SSSR count). The molecule has 0 heterocycles. The van der Waals surface area contributed by atoms with Crippen LogP contribution in [0.25, 0.3) is 0 Å². The van der Waals surface area contributed by atoms with Crippen molar-refractivity contribution >= 4 is 23.2 Å². The first-order chi connectivity index (χ1) is 9.52. The summed E-state index contributed by atoms with van der Waals surface area (Å²) < 4.78 is 0. The van der Waals surface area contributed by atoms with Crippen LogP contribution in [0.4, 0.5) is 5.69 Å². The van der Waals surface area contributed by atoms with Gasteiger partial charge in [-0.15, -0.1) is 0 Å². The Morgan fingerprint density at radius 3 is 2.35 bits per heavy atom. The zero-order valence-electron chi connectivity index (χ0n) is 12.2. The molecule has 2 unspecified atom stereocenters. The van der Waals surface area contributed by atoms with Crippen LogP contribution in [0.15, 0.2) is 24.3 Å². The van der Waals surface area contributed by atoms with Crippen LogP contribution in [0.5, 0.6) is 0 Å². The number of carbonyl (C=O) groups excluding carboxylic acids is 1. The Kier molecular flexibility index (Phi) is 5.44. The van der Waals surface area contributed by atoms with E-state index in [0.717, 1.165) is 17.5 Å². The van der Waals surface area contributed by atoms with Gasteiger partial charge in [0.1, 0.15) is 0 Å². The number of benzene rings is 1. The Morgan fingerprint density at radius 2 is 1.75 bits per heavy atom. The maximum atomic E-state index is 11.9. The maximum Gasteiger partial charge on any atom is 0.238 e. The molecule has 1 fully saturated rings. The summed E-state index contributed by atoms with van der Waals surface area (Å²) in [5, 5.41) is 6.92. The smallest absolute Gasteiger partial charge is 0.238 e. The third-order valence-electron chi connectivity index (χ3n) is 3.86. The highest BCUT2D eigenvalue weighted by Crippen LogP contribution is 2.28. The Balaban J connectivity index is 1.76. The first-order valence-electron chi connectivity index (χ1n) is 7.31. The van der Waals surface area contributed by atoms with Gasteiger partial charge in [0.2, 0.25) is 5.91 Å². The number of nitrogens with one attached hydrogen (secondary N) is 2. The van der Waals surface area contributed by atoms with Crippen LogP contribution < -0.4 is 10.6 Å². The molecule has 0 radical (unpaired) electrons. The van der Waals surface area contributed by atoms with Gasteiger partial charge in [0.05, 0.1) is 6.54 Å². The van der Waals surface area contributed by atoms with Crippen LogP contribution >= 0.6 is 11.6 Å². The first kappa shape index (κ1) is 15.3. The Hall–Kier alpha value is -1.06. The lowest BCUT2D eigenvalue weighted by Gasteiger charge is -2.31. The quantitative estimate of drug-likeness (QED) is 0.889. The van der Waals surface area contributed by atoms with E-state index in [9.17, 15) is 4.79 Å². The van der Waals surface area contributed by atoms with Gasteiger partial charge >= 0.3 is 0 Å². The molecule has 0 aliphatic heterocycles. The maximum absolute atomic E-state index is 11.9. The second-order valence-electron chi connectivity index (χ2n) is 6.05. The summed E-state index contributed by atoms with van der Waals surface area (Å²) in [6.07, 6.45) is 3.63. The lowest BCUT2D eigenvalue weighted by atomic mass is 9.80. The Morgan fingerprint density at radius 1 is 1.15 bits per heavy atom. The van der Waals surface area contributed by atoms with E-state index in [-0.39, 0.29) is 5.91 Å². The molecule has 1 saturated carbocycles. The van der Waals surface area contributed by atoms with Crippen LogP contribution in [-0.4, -0.2) is 18.5 Å². The predicted molar refractivity (Wildman–Crippen MR) is 84.1 cm³/mol. The molecule has 1 aliphatic rings. The lowest BCUT2D eigenvalue weighted by molar-refractivity contribution is -0.115. The molecule has 1 aromatic rings. The second-order valence-corrected chi connectivity index (χ2v) is 6.49. The van der Waals surface area contributed by atoms with E-state index in [1.165, 1.54) is 19.3 Å². The number of hydrogen-bond donors (Lipinski definition) is 2. The SMILES string of the molecule is CC1CC(C)CC(NCC(=O)Nc2ccc(Cl)cc2)C1. The van der Waals surface area contributed by atoms with Gasteiger partial charge < -0.3 is 10.6 Å². The highest BCUT2D eigenvalue weighted by Gasteiger charge is 2.23. The molecule has 1 amide bonds. The van der Waals surface area contributed by atoms with Crippen LogP contribution in [0, 0.1) is 11.8 Å². The van der Waals surface area contributed by atoms with Crippen LogP contribution in [-0.2, 0) is 4.79 Å². The zero-order valence-corrected chi connectivity index (χ0v) is 12.9. The average molecular weight is 295 g/mol. The largest absolute Gasteiger partial charge is 0.325 e. The lowest BCUT2D eigenvalue weighted by Crippen LogP contribution is -2.40. The van der Waals surface area contributed by atoms with Crippen molar-refractivity contribution < 1.29 is 4.79 Å². The van der Waals surface area contributed by atoms with E-state index >= 15 is 0 Å². The van der Waals surface area contributed by atoms with Crippen molar-refractivity contribution in [3.05, 3.63) is 29.3 Å². The molecule has 4 heteroatoms. The normalized spacial score (nSPS) is 26.2. The van der Waals surface area contributed by atoms with E-state index in [0.29, 0.717) is 17.6 Å². The van der Waals surface area contributed by atoms with Crippen molar-refractivity contribution in [2.45, 2.75) is 39.2 Å². The third-order valence-corrected chi connectivity index (χ3v) is 4.11. The van der Waals surface area contributed by atoms with Crippen molar-refractivity contribution in [1.29, 1.82) is 0 Å². The van der Waals surface area contributed by atoms with Gasteiger partial charge in [0.15, 0.2) is 0 Å². The molecule has 0 saturated heterocycles. The minimum Gasteiger partial charge on any atom is -0.325 e. The minimum absolute atomic E-state index is 0.00166. The molecule has 20 heavy (non-hydrogen) atoms. The summed E-state index contributed by atoms with van der Waals surface area (Å²) >= 11 is 5.81. The molecular formula is C16H23ClN2O. The standard InChI is InChI=1S/C16H23ClN2O/c1-11-7-12(2)9-15(8-11)18-10-16(20)19-14-5-3-13(17)4-6-14/h3-6,11-12,15,18H,7-10H2,1-2H3,(H,19,20). The number of anilines is 1. The summed E-state index contributed by atoms with van der Waals surface area (Å²) in [6, 6.07) is 7.63. The number of hydrogen-bond acceptors (Lipinski definition) is 2. The Labute approximate surface area is 126 Å². The fraction of sp³-hybridized carbons (Fsp3) is 0.562. The van der Waals surface area contributed by atoms with E-state index in [2.05, 4.69) is 24.5 Å². The Bertz CT molecular complexity index is 436. The van der Waals surface area contributed by atoms with Crippen molar-refractivity contribution in [3.8, 4) is 0 Å². The molecule has 0 aromatic heterocycles. The van der Waals surface area contributed by atoms with Gasteiger partial charge in [-0.3, -0.25) is 4.79 Å². The fourth-order valence-corrected chi connectivity index (χ4v) is 3.22. The first-order valence-corrected chi connectivity index (χ1v) is 7.69. The molecule has 2 atom stereocenters. The second kappa shape index (κ2) is 7.09. The van der Waals surface area contributed by atoms with E-state index in [1.807, 2.05) is 12.1 Å². The summed E-state index contributed by atoms with van der Waals surface area (Å²) in [6.45, 7) is 4.95. The highest BCUT2D eigenvalue weighted by atomic mass is 35.5. The summed E-state index contributed by atoms with van der Waals surface area (Å²) in [5.41, 5.74) is 0.784. The van der Waals surface area contributed by atoms with Gasteiger partial charge in [-0.05, 0) is 55.4 Å². The fourth-order valence-electron chi connectivity index (χ4n) is 3.09. The summed E-state index contributed by atoms with van der Waals surface area (Å²) in [7, 11) is 0. The van der Waals surface area contributed by atoms with Crippen molar-refractivity contribution in [3.63, 3.8) is 0 Å². The average Bonchev–Trinajstić information content (AvgIpc) is 2.38. The highest BCUT2D eigenvalue weighted by molar-refractivity contribution is 6.30. The molecule has 1 aliphatic carbocycles. The van der Waals surface area contributed by atoms with Gasteiger partial charge in [0.25, 0.3) is 0 Å². The summed E-state index contributed by atoms with van der Waals surface area (Å²) in [4.78, 5) is 11.9. The summed E-state index contributed by atoms with van der Waals surface area (Å²) in [5.74, 6) is 1.49. The molecule has 110 valence electrons. The van der Waals surface area contributed by atoms with Crippen LogP contribution in [0.2, 0.25) is 5.02 Å². The number of amides is 1. The molecule has 1 aromatic carbocycles. The predicted octanol–water partition coefficient (Wildman–Crippen LogP) is 3.69. The van der Waals surface area contributed by atoms with Gasteiger partial charge in [0, 0.05) is 16.8 Å². The van der Waals surface area contributed by atoms with E-state index < -0.39 is 0 Å². The number of carbonyl (C=O) groups is 1. The van der Waals surface area contributed by atoms with Gasteiger partial charge in [-0.1, -0.05) is 25.4 Å². The number of rotatable bonds is 4. The zero-order chi connectivity index (χ0) is 14.5. The van der Waals surface area contributed by atoms with E-state index in [4.69, 9.17) is 11.6 Å². The molecule has 2 N–H and O–H groups in total. The van der Waals surface area contributed by atoms with Crippen molar-refractivity contribution in [2.75, 3.05) is 11.9 Å². The molecule has 3 nitrogen and oxygen atoms in total.